The molecule has 0 spiro atoms. The summed E-state index contributed by atoms with van der Waals surface area (Å²) in [6, 6.07) is 26.8. The van der Waals surface area contributed by atoms with E-state index >= 15 is 0 Å². The molecule has 0 saturated carbocycles. The highest BCUT2D eigenvalue weighted by molar-refractivity contribution is 6.30. The van der Waals surface area contributed by atoms with Crippen molar-refractivity contribution in [1.29, 1.82) is 0 Å². The highest BCUT2D eigenvalue weighted by atomic mass is 35.5. The monoisotopic (exact) mass is 402 g/mol. The van der Waals surface area contributed by atoms with Gasteiger partial charge in [0, 0.05) is 16.1 Å². The van der Waals surface area contributed by atoms with Crippen molar-refractivity contribution in [2.24, 2.45) is 0 Å². The second-order valence-corrected chi connectivity index (χ2v) is 6.85. The van der Waals surface area contributed by atoms with Crippen LogP contribution in [-0.4, -0.2) is 22.4 Å². The van der Waals surface area contributed by atoms with Gasteiger partial charge < -0.3 is 4.74 Å². The summed E-state index contributed by atoms with van der Waals surface area (Å²) >= 11 is 6.08. The maximum atomic E-state index is 13.0. The maximum Gasteiger partial charge on any atom is 0.357 e. The molecule has 0 aliphatic rings. The number of hydrogen-bond acceptors (Lipinski definition) is 3. The van der Waals surface area contributed by atoms with E-state index in [1.165, 1.54) is 0 Å². The van der Waals surface area contributed by atoms with Crippen molar-refractivity contribution in [2.45, 2.75) is 6.92 Å². The molecule has 5 heteroatoms. The average molecular weight is 403 g/mol. The lowest BCUT2D eigenvalue weighted by atomic mass is 9.99. The standard InChI is InChI=1S/C24H19ClN2O2/c1-2-29-24(28)23-21(17-9-5-3-6-10-17)22(18-13-15-19(25)16-14-18)26-27(23)20-11-7-4-8-12-20/h3-16H,2H2,1H3. The molecular weight excluding hydrogens is 384 g/mol. The number of carbonyl (C=O) groups is 1. The molecule has 0 saturated heterocycles. The molecule has 4 nitrogen and oxygen atoms in total. The smallest absolute Gasteiger partial charge is 0.357 e. The first kappa shape index (κ1) is 19.0. The van der Waals surface area contributed by atoms with Crippen molar-refractivity contribution in [1.82, 2.24) is 9.78 Å². The van der Waals surface area contributed by atoms with Crippen LogP contribution in [0.1, 0.15) is 17.4 Å². The molecule has 4 aromatic rings. The van der Waals surface area contributed by atoms with Gasteiger partial charge in [0.05, 0.1) is 12.3 Å². The summed E-state index contributed by atoms with van der Waals surface area (Å²) in [6.07, 6.45) is 0. The predicted molar refractivity (Wildman–Crippen MR) is 115 cm³/mol. The van der Waals surface area contributed by atoms with Crippen LogP contribution in [0.25, 0.3) is 28.1 Å². The number of ether oxygens (including phenoxy) is 1. The first-order chi connectivity index (χ1) is 14.2. The molecule has 0 N–H and O–H groups in total. The highest BCUT2D eigenvalue weighted by Crippen LogP contribution is 2.36. The molecule has 144 valence electrons. The number of para-hydroxylation sites is 1. The summed E-state index contributed by atoms with van der Waals surface area (Å²) in [7, 11) is 0. The van der Waals surface area contributed by atoms with E-state index in [0.29, 0.717) is 16.4 Å². The number of halogens is 1. The van der Waals surface area contributed by atoms with E-state index in [0.717, 1.165) is 22.4 Å². The van der Waals surface area contributed by atoms with Gasteiger partial charge in [0.25, 0.3) is 0 Å². The fraction of sp³-hybridized carbons (Fsp3) is 0.0833. The second kappa shape index (κ2) is 8.33. The van der Waals surface area contributed by atoms with Crippen molar-refractivity contribution < 1.29 is 9.53 Å². The Bertz CT molecular complexity index is 1120. The molecule has 0 unspecified atom stereocenters. The summed E-state index contributed by atoms with van der Waals surface area (Å²) in [6.45, 7) is 2.08. The third-order valence-electron chi connectivity index (χ3n) is 4.54. The Balaban J connectivity index is 2.04. The molecule has 0 fully saturated rings. The van der Waals surface area contributed by atoms with Crippen molar-refractivity contribution in [2.75, 3.05) is 6.61 Å². The lowest BCUT2D eigenvalue weighted by Gasteiger charge is -2.09. The zero-order valence-corrected chi connectivity index (χ0v) is 16.6. The van der Waals surface area contributed by atoms with Crippen LogP contribution in [0, 0.1) is 0 Å². The summed E-state index contributed by atoms with van der Waals surface area (Å²) in [5, 5.41) is 5.47. The van der Waals surface area contributed by atoms with E-state index in [9.17, 15) is 4.79 Å². The summed E-state index contributed by atoms with van der Waals surface area (Å²) in [5.74, 6) is -0.414. The normalized spacial score (nSPS) is 10.7. The quantitative estimate of drug-likeness (QED) is 0.382. The summed E-state index contributed by atoms with van der Waals surface area (Å²) < 4.78 is 7.06. The van der Waals surface area contributed by atoms with Crippen LogP contribution in [0.5, 0.6) is 0 Å². The molecule has 0 atom stereocenters. The van der Waals surface area contributed by atoms with E-state index in [1.807, 2.05) is 84.9 Å². The largest absolute Gasteiger partial charge is 0.461 e. The van der Waals surface area contributed by atoms with Gasteiger partial charge in [-0.05, 0) is 36.8 Å². The molecule has 1 heterocycles. The van der Waals surface area contributed by atoms with Gasteiger partial charge in [-0.3, -0.25) is 0 Å². The first-order valence-corrected chi connectivity index (χ1v) is 9.73. The molecule has 0 aliphatic heterocycles. The lowest BCUT2D eigenvalue weighted by Crippen LogP contribution is -2.13. The Morgan fingerprint density at radius 3 is 2.14 bits per heavy atom. The summed E-state index contributed by atoms with van der Waals surface area (Å²) in [5.41, 5.74) is 4.37. The van der Waals surface area contributed by atoms with Crippen LogP contribution in [0.15, 0.2) is 84.9 Å². The third kappa shape index (κ3) is 3.80. The van der Waals surface area contributed by atoms with Crippen molar-refractivity contribution in [3.8, 4) is 28.1 Å². The molecule has 0 amide bonds. The third-order valence-corrected chi connectivity index (χ3v) is 4.79. The SMILES string of the molecule is CCOC(=O)c1c(-c2ccccc2)c(-c2ccc(Cl)cc2)nn1-c1ccccc1. The van der Waals surface area contributed by atoms with E-state index in [4.69, 9.17) is 21.4 Å². The molecule has 0 radical (unpaired) electrons. The van der Waals surface area contributed by atoms with Crippen LogP contribution in [0.3, 0.4) is 0 Å². The lowest BCUT2D eigenvalue weighted by molar-refractivity contribution is 0.0516. The van der Waals surface area contributed by atoms with E-state index in [2.05, 4.69) is 0 Å². The number of benzene rings is 3. The van der Waals surface area contributed by atoms with Gasteiger partial charge in [-0.15, -0.1) is 0 Å². The fourth-order valence-electron chi connectivity index (χ4n) is 3.25. The van der Waals surface area contributed by atoms with Crippen LogP contribution in [-0.2, 0) is 4.74 Å². The Kier molecular flexibility index (Phi) is 5.45. The molecule has 1 aromatic heterocycles. The minimum atomic E-state index is -0.414. The molecular formula is C24H19ClN2O2. The van der Waals surface area contributed by atoms with Gasteiger partial charge >= 0.3 is 5.97 Å². The predicted octanol–water partition coefficient (Wildman–Crippen LogP) is 6.04. The Morgan fingerprint density at radius 2 is 1.52 bits per heavy atom. The van der Waals surface area contributed by atoms with Crippen LogP contribution >= 0.6 is 11.6 Å². The summed E-state index contributed by atoms with van der Waals surface area (Å²) in [4.78, 5) is 13.0. The number of nitrogens with zero attached hydrogens (tertiary/aromatic N) is 2. The molecule has 0 aliphatic carbocycles. The average Bonchev–Trinajstić information content (AvgIpc) is 3.16. The fourth-order valence-corrected chi connectivity index (χ4v) is 3.38. The Hall–Kier alpha value is -3.37. The van der Waals surface area contributed by atoms with E-state index < -0.39 is 5.97 Å². The number of carbonyl (C=O) groups excluding carboxylic acids is 1. The van der Waals surface area contributed by atoms with Crippen LogP contribution in [0.4, 0.5) is 0 Å². The number of rotatable bonds is 5. The van der Waals surface area contributed by atoms with E-state index in [-0.39, 0.29) is 6.61 Å². The van der Waals surface area contributed by atoms with Gasteiger partial charge in [0.2, 0.25) is 0 Å². The van der Waals surface area contributed by atoms with Crippen LogP contribution < -0.4 is 0 Å². The first-order valence-electron chi connectivity index (χ1n) is 9.36. The molecule has 3 aromatic carbocycles. The van der Waals surface area contributed by atoms with Crippen molar-refractivity contribution in [3.63, 3.8) is 0 Å². The minimum absolute atomic E-state index is 0.281. The Labute approximate surface area is 174 Å². The van der Waals surface area contributed by atoms with Gasteiger partial charge in [-0.1, -0.05) is 72.3 Å². The van der Waals surface area contributed by atoms with Gasteiger partial charge in [-0.2, -0.15) is 5.10 Å². The topological polar surface area (TPSA) is 44.1 Å². The Morgan fingerprint density at radius 1 is 0.897 bits per heavy atom. The zero-order valence-electron chi connectivity index (χ0n) is 15.9. The number of aromatic nitrogens is 2. The minimum Gasteiger partial charge on any atom is -0.461 e. The molecule has 4 rings (SSSR count). The van der Waals surface area contributed by atoms with Gasteiger partial charge in [0.1, 0.15) is 5.69 Å². The second-order valence-electron chi connectivity index (χ2n) is 6.41. The number of hydrogen-bond donors (Lipinski definition) is 0. The zero-order chi connectivity index (χ0) is 20.2. The van der Waals surface area contributed by atoms with E-state index in [1.54, 1.807) is 11.6 Å². The molecule has 0 bridgehead atoms. The highest BCUT2D eigenvalue weighted by Gasteiger charge is 2.27. The van der Waals surface area contributed by atoms with Crippen molar-refractivity contribution >= 4 is 17.6 Å². The molecule has 29 heavy (non-hydrogen) atoms. The van der Waals surface area contributed by atoms with Crippen molar-refractivity contribution in [3.05, 3.63) is 95.6 Å². The number of esters is 1. The maximum absolute atomic E-state index is 13.0. The van der Waals surface area contributed by atoms with Gasteiger partial charge in [0.15, 0.2) is 5.69 Å². The van der Waals surface area contributed by atoms with Crippen LogP contribution in [0.2, 0.25) is 5.02 Å². The van der Waals surface area contributed by atoms with Gasteiger partial charge in [-0.25, -0.2) is 9.48 Å².